The zero-order valence-electron chi connectivity index (χ0n) is 7.16. The van der Waals surface area contributed by atoms with E-state index in [9.17, 15) is 0 Å². The van der Waals surface area contributed by atoms with E-state index in [0.29, 0.717) is 11.4 Å². The molecule has 0 radical (unpaired) electrons. The summed E-state index contributed by atoms with van der Waals surface area (Å²) >= 11 is 5.83. The number of amidine groups is 1. The lowest BCUT2D eigenvalue weighted by atomic mass is 10.1. The molecule has 0 saturated carbocycles. The fraction of sp³-hybridized carbons (Fsp3) is 0.250. The van der Waals surface area contributed by atoms with Crippen molar-refractivity contribution < 1.29 is 5.21 Å². The average Bonchev–Trinajstić information content (AvgIpc) is 2.13. The molecule has 1 rings (SSSR count). The predicted molar refractivity (Wildman–Crippen MR) is 51.1 cm³/mol. The Kier molecular flexibility index (Phi) is 3.08. The second-order valence-electron chi connectivity index (χ2n) is 2.67. The highest BCUT2D eigenvalue weighted by atomic mass is 35.5. The Hall–Kier alpha value is -1.29. The van der Waals surface area contributed by atoms with E-state index in [0.717, 1.165) is 11.1 Å². The molecule has 13 heavy (non-hydrogen) atoms. The summed E-state index contributed by atoms with van der Waals surface area (Å²) in [6, 6.07) is 0. The molecule has 4 nitrogen and oxygen atoms in total. The van der Waals surface area contributed by atoms with Crippen molar-refractivity contribution in [3.63, 3.8) is 0 Å². The summed E-state index contributed by atoms with van der Waals surface area (Å²) in [5.74, 6) is 0.146. The van der Waals surface area contributed by atoms with Crippen LogP contribution in [0.25, 0.3) is 0 Å². The second-order valence-corrected chi connectivity index (χ2v) is 3.08. The van der Waals surface area contributed by atoms with Crippen LogP contribution in [0.4, 0.5) is 0 Å². The highest BCUT2D eigenvalue weighted by Crippen LogP contribution is 2.17. The van der Waals surface area contributed by atoms with Crippen LogP contribution in [0.5, 0.6) is 0 Å². The smallest absolute Gasteiger partial charge is 0.143 e. The predicted octanol–water partition coefficient (Wildman–Crippen LogP) is 1.33. The third-order valence-electron chi connectivity index (χ3n) is 1.76. The maximum atomic E-state index is 8.37. The molecule has 0 unspecified atom stereocenters. The summed E-state index contributed by atoms with van der Waals surface area (Å²) in [5, 5.41) is 11.8. The van der Waals surface area contributed by atoms with Gasteiger partial charge in [-0.15, -0.1) is 0 Å². The molecule has 0 atom stereocenters. The average molecular weight is 200 g/mol. The molecular weight excluding hydrogens is 190 g/mol. The topological polar surface area (TPSA) is 71.5 Å². The van der Waals surface area contributed by atoms with E-state index in [2.05, 4.69) is 10.1 Å². The van der Waals surface area contributed by atoms with Crippen molar-refractivity contribution in [1.29, 1.82) is 0 Å². The van der Waals surface area contributed by atoms with Gasteiger partial charge in [-0.2, -0.15) is 0 Å². The Morgan fingerprint density at radius 1 is 1.69 bits per heavy atom. The van der Waals surface area contributed by atoms with Crippen molar-refractivity contribution in [3.8, 4) is 0 Å². The van der Waals surface area contributed by atoms with Crippen molar-refractivity contribution in [2.45, 2.75) is 13.3 Å². The minimum atomic E-state index is 0.146. The van der Waals surface area contributed by atoms with Crippen LogP contribution >= 0.6 is 11.6 Å². The molecule has 3 N–H and O–H groups in total. The first-order chi connectivity index (χ1) is 6.15. The van der Waals surface area contributed by atoms with Gasteiger partial charge in [0.1, 0.15) is 5.84 Å². The molecule has 0 spiro atoms. The van der Waals surface area contributed by atoms with Gasteiger partial charge >= 0.3 is 0 Å². The molecule has 0 aliphatic carbocycles. The molecule has 1 aromatic heterocycles. The number of pyridine rings is 1. The Bertz CT molecular complexity index is 338. The molecule has 0 aliphatic rings. The van der Waals surface area contributed by atoms with Crippen LogP contribution in [0, 0.1) is 6.92 Å². The minimum absolute atomic E-state index is 0.146. The normalized spacial score (nSPS) is 11.7. The van der Waals surface area contributed by atoms with Gasteiger partial charge in [0.15, 0.2) is 0 Å². The molecule has 1 aromatic rings. The summed E-state index contributed by atoms with van der Waals surface area (Å²) in [6.07, 6.45) is 3.57. The number of halogens is 1. The molecule has 0 aliphatic heterocycles. The van der Waals surface area contributed by atoms with Crippen molar-refractivity contribution in [1.82, 2.24) is 4.98 Å². The molecule has 1 heterocycles. The standard InChI is InChI=1S/C8H10ClN3O/c1-5-6(2-8(10)12-13)3-11-4-7(5)9/h3-4,13H,2H2,1H3,(H2,10,12). The number of hydrogen-bond donors (Lipinski definition) is 2. The number of nitrogens with two attached hydrogens (primary N) is 1. The second kappa shape index (κ2) is 4.09. The first-order valence-corrected chi connectivity index (χ1v) is 4.08. The van der Waals surface area contributed by atoms with Crippen LogP contribution in [0.3, 0.4) is 0 Å². The number of aromatic nitrogens is 1. The Labute approximate surface area is 81.0 Å². The van der Waals surface area contributed by atoms with E-state index in [-0.39, 0.29) is 5.84 Å². The number of oxime groups is 1. The van der Waals surface area contributed by atoms with Gasteiger partial charge in [-0.3, -0.25) is 4.98 Å². The first kappa shape index (κ1) is 9.80. The van der Waals surface area contributed by atoms with Crippen LogP contribution in [-0.4, -0.2) is 16.0 Å². The van der Waals surface area contributed by atoms with Gasteiger partial charge in [-0.05, 0) is 18.1 Å². The van der Waals surface area contributed by atoms with Crippen LogP contribution < -0.4 is 5.73 Å². The molecule has 0 fully saturated rings. The third kappa shape index (κ3) is 2.32. The van der Waals surface area contributed by atoms with Gasteiger partial charge in [0.2, 0.25) is 0 Å². The highest BCUT2D eigenvalue weighted by Gasteiger charge is 2.04. The Morgan fingerprint density at radius 3 is 3.00 bits per heavy atom. The van der Waals surface area contributed by atoms with Gasteiger partial charge in [-0.1, -0.05) is 16.8 Å². The maximum Gasteiger partial charge on any atom is 0.143 e. The van der Waals surface area contributed by atoms with E-state index >= 15 is 0 Å². The van der Waals surface area contributed by atoms with Crippen molar-refractivity contribution in [2.24, 2.45) is 10.9 Å². The van der Waals surface area contributed by atoms with Gasteiger partial charge in [-0.25, -0.2) is 0 Å². The fourth-order valence-electron chi connectivity index (χ4n) is 0.948. The molecule has 0 amide bonds. The lowest BCUT2D eigenvalue weighted by molar-refractivity contribution is 0.317. The van der Waals surface area contributed by atoms with E-state index in [4.69, 9.17) is 22.5 Å². The summed E-state index contributed by atoms with van der Waals surface area (Å²) in [4.78, 5) is 3.91. The van der Waals surface area contributed by atoms with Crippen molar-refractivity contribution in [3.05, 3.63) is 28.5 Å². The van der Waals surface area contributed by atoms with Gasteiger partial charge in [0, 0.05) is 18.8 Å². The van der Waals surface area contributed by atoms with E-state index in [1.807, 2.05) is 6.92 Å². The van der Waals surface area contributed by atoms with Crippen LogP contribution in [-0.2, 0) is 6.42 Å². The van der Waals surface area contributed by atoms with Crippen LogP contribution in [0.15, 0.2) is 17.5 Å². The first-order valence-electron chi connectivity index (χ1n) is 3.70. The SMILES string of the molecule is Cc1c(Cl)cncc1C/C(N)=N/O. The summed E-state index contributed by atoms with van der Waals surface area (Å²) in [6.45, 7) is 1.87. The summed E-state index contributed by atoms with van der Waals surface area (Å²) in [7, 11) is 0. The highest BCUT2D eigenvalue weighted by molar-refractivity contribution is 6.31. The largest absolute Gasteiger partial charge is 0.409 e. The molecular formula is C8H10ClN3O. The lowest BCUT2D eigenvalue weighted by Crippen LogP contribution is -2.15. The number of rotatable bonds is 2. The number of nitrogens with zero attached hydrogens (tertiary/aromatic N) is 2. The minimum Gasteiger partial charge on any atom is -0.409 e. The molecule has 0 bridgehead atoms. The van der Waals surface area contributed by atoms with Crippen LogP contribution in [0.2, 0.25) is 5.02 Å². The summed E-state index contributed by atoms with van der Waals surface area (Å²) in [5.41, 5.74) is 7.12. The van der Waals surface area contributed by atoms with Gasteiger partial charge in [0.05, 0.1) is 5.02 Å². The zero-order chi connectivity index (χ0) is 9.84. The molecule has 0 aromatic carbocycles. The fourth-order valence-corrected chi connectivity index (χ4v) is 1.13. The molecule has 5 heteroatoms. The maximum absolute atomic E-state index is 8.37. The Balaban J connectivity index is 2.96. The van der Waals surface area contributed by atoms with Crippen molar-refractivity contribution in [2.75, 3.05) is 0 Å². The zero-order valence-corrected chi connectivity index (χ0v) is 7.91. The Morgan fingerprint density at radius 2 is 2.38 bits per heavy atom. The van der Waals surface area contributed by atoms with Gasteiger partial charge in [0.25, 0.3) is 0 Å². The lowest BCUT2D eigenvalue weighted by Gasteiger charge is -2.04. The monoisotopic (exact) mass is 199 g/mol. The van der Waals surface area contributed by atoms with E-state index in [1.54, 1.807) is 12.4 Å². The number of hydrogen-bond acceptors (Lipinski definition) is 3. The third-order valence-corrected chi connectivity index (χ3v) is 2.14. The molecule has 0 saturated heterocycles. The summed E-state index contributed by atoms with van der Waals surface area (Å²) < 4.78 is 0. The van der Waals surface area contributed by atoms with Gasteiger partial charge < -0.3 is 10.9 Å². The van der Waals surface area contributed by atoms with E-state index < -0.39 is 0 Å². The van der Waals surface area contributed by atoms with Crippen molar-refractivity contribution >= 4 is 17.4 Å². The van der Waals surface area contributed by atoms with Crippen LogP contribution in [0.1, 0.15) is 11.1 Å². The van der Waals surface area contributed by atoms with E-state index in [1.165, 1.54) is 0 Å². The quantitative estimate of drug-likeness (QED) is 0.327. The molecule has 70 valence electrons.